The topological polar surface area (TPSA) is 170 Å². The van der Waals surface area contributed by atoms with Crippen LogP contribution in [0.3, 0.4) is 0 Å². The number of likely N-dealkylation sites (tertiary alicyclic amines) is 1. The molecule has 10 heteroatoms. The van der Waals surface area contributed by atoms with E-state index >= 15 is 0 Å². The van der Waals surface area contributed by atoms with Crippen molar-refractivity contribution in [2.24, 2.45) is 11.5 Å². The smallest absolute Gasteiger partial charge is 0.269 e. The quantitative estimate of drug-likeness (QED) is 0.380. The van der Waals surface area contributed by atoms with Crippen LogP contribution in [0.25, 0.3) is 0 Å². The lowest BCUT2D eigenvalue weighted by atomic mass is 10.0. The molecule has 1 fully saturated rings. The van der Waals surface area contributed by atoms with Crippen LogP contribution in [0.2, 0.25) is 0 Å². The summed E-state index contributed by atoms with van der Waals surface area (Å²) in [5.74, 6) is -0.618. The molecule has 1 aliphatic heterocycles. The average Bonchev–Trinajstić information content (AvgIpc) is 2.69. The fourth-order valence-corrected chi connectivity index (χ4v) is 2.43. The van der Waals surface area contributed by atoms with Crippen LogP contribution in [0, 0.1) is 10.1 Å². The van der Waals surface area contributed by atoms with Gasteiger partial charge in [-0.05, 0) is 38.3 Å². The minimum Gasteiger partial charge on any atom is -0.400 e. The van der Waals surface area contributed by atoms with E-state index in [-0.39, 0.29) is 11.6 Å². The SMILES string of the molecule is CC(N)C(=O)N1CCCCC1C(N)=O.CO.O=Cc1ccc([N+](=O)[O-])cc1. The van der Waals surface area contributed by atoms with Crippen molar-refractivity contribution in [3.05, 3.63) is 39.9 Å². The highest BCUT2D eigenvalue weighted by Gasteiger charge is 2.31. The fourth-order valence-electron chi connectivity index (χ4n) is 2.43. The maximum atomic E-state index is 11.6. The molecule has 1 saturated heterocycles. The number of aliphatic hydroxyl groups is 1. The van der Waals surface area contributed by atoms with E-state index in [9.17, 15) is 24.5 Å². The number of amides is 2. The zero-order valence-electron chi connectivity index (χ0n) is 15.4. The molecule has 0 radical (unpaired) electrons. The first-order valence-electron chi connectivity index (χ1n) is 8.27. The van der Waals surface area contributed by atoms with Crippen LogP contribution >= 0.6 is 0 Å². The lowest BCUT2D eigenvalue weighted by molar-refractivity contribution is -0.384. The Morgan fingerprint density at radius 2 is 1.85 bits per heavy atom. The molecule has 10 nitrogen and oxygen atoms in total. The summed E-state index contributed by atoms with van der Waals surface area (Å²) >= 11 is 0. The second-order valence-electron chi connectivity index (χ2n) is 5.70. The molecule has 27 heavy (non-hydrogen) atoms. The Bertz CT molecular complexity index is 633. The van der Waals surface area contributed by atoms with Gasteiger partial charge in [0, 0.05) is 31.4 Å². The van der Waals surface area contributed by atoms with E-state index in [1.807, 2.05) is 0 Å². The fraction of sp³-hybridized carbons (Fsp3) is 0.471. The van der Waals surface area contributed by atoms with E-state index in [1.54, 1.807) is 6.92 Å². The number of hydrogen-bond acceptors (Lipinski definition) is 7. The molecule has 2 rings (SSSR count). The van der Waals surface area contributed by atoms with Gasteiger partial charge in [0.2, 0.25) is 11.8 Å². The maximum Gasteiger partial charge on any atom is 0.269 e. The maximum absolute atomic E-state index is 11.6. The van der Waals surface area contributed by atoms with Gasteiger partial charge in [0.15, 0.2) is 0 Å². The largest absolute Gasteiger partial charge is 0.400 e. The first-order chi connectivity index (χ1) is 12.8. The van der Waals surface area contributed by atoms with Crippen LogP contribution in [0.5, 0.6) is 0 Å². The molecule has 1 aromatic rings. The van der Waals surface area contributed by atoms with Crippen molar-refractivity contribution >= 4 is 23.8 Å². The minimum atomic E-state index is -0.560. The molecule has 0 bridgehead atoms. The van der Waals surface area contributed by atoms with Gasteiger partial charge in [0.1, 0.15) is 12.3 Å². The number of non-ortho nitro benzene ring substituents is 1. The summed E-state index contributed by atoms with van der Waals surface area (Å²) in [5.41, 5.74) is 11.1. The highest BCUT2D eigenvalue weighted by atomic mass is 16.6. The van der Waals surface area contributed by atoms with Gasteiger partial charge >= 0.3 is 0 Å². The summed E-state index contributed by atoms with van der Waals surface area (Å²) in [7, 11) is 1.00. The number of hydrogen-bond donors (Lipinski definition) is 3. The number of aldehydes is 1. The first kappa shape index (κ1) is 24.1. The molecule has 0 spiro atoms. The molecule has 0 aliphatic carbocycles. The molecule has 2 unspecified atom stereocenters. The number of nitrogens with two attached hydrogens (primary N) is 2. The molecule has 0 aromatic heterocycles. The number of nitro groups is 1. The Labute approximate surface area is 157 Å². The highest BCUT2D eigenvalue weighted by molar-refractivity contribution is 5.88. The number of nitro benzene ring substituents is 1. The lowest BCUT2D eigenvalue weighted by Crippen LogP contribution is -2.54. The molecule has 2 atom stereocenters. The van der Waals surface area contributed by atoms with Crippen molar-refractivity contribution in [2.45, 2.75) is 38.3 Å². The molecule has 150 valence electrons. The minimum absolute atomic E-state index is 0.00407. The van der Waals surface area contributed by atoms with Crippen LogP contribution in [-0.2, 0) is 9.59 Å². The molecule has 1 heterocycles. The number of rotatable bonds is 4. The van der Waals surface area contributed by atoms with Gasteiger partial charge in [-0.1, -0.05) is 0 Å². The van der Waals surface area contributed by atoms with Crippen molar-refractivity contribution in [3.63, 3.8) is 0 Å². The van der Waals surface area contributed by atoms with Gasteiger partial charge in [-0.25, -0.2) is 0 Å². The lowest BCUT2D eigenvalue weighted by Gasteiger charge is -2.34. The van der Waals surface area contributed by atoms with Crippen LogP contribution in [-0.4, -0.2) is 58.8 Å². The Balaban J connectivity index is 0.000000469. The van der Waals surface area contributed by atoms with Crippen LogP contribution in [0.4, 0.5) is 5.69 Å². The normalized spacial score (nSPS) is 16.6. The van der Waals surface area contributed by atoms with Gasteiger partial charge < -0.3 is 21.5 Å². The number of piperidine rings is 1. The van der Waals surface area contributed by atoms with E-state index in [0.717, 1.165) is 20.0 Å². The second-order valence-corrected chi connectivity index (χ2v) is 5.70. The summed E-state index contributed by atoms with van der Waals surface area (Å²) in [6.45, 7) is 2.21. The van der Waals surface area contributed by atoms with Crippen molar-refractivity contribution in [1.29, 1.82) is 0 Å². The van der Waals surface area contributed by atoms with Crippen LogP contribution < -0.4 is 11.5 Å². The standard InChI is InChI=1S/C9H17N3O2.C7H5NO3.CH4O/c1-6(10)9(14)12-5-3-2-4-7(12)8(11)13;9-5-6-1-3-7(4-2-6)8(10)11;1-2/h6-7H,2-5,10H2,1H3,(H2,11,13);1-5H;2H,1H3. The number of aliphatic hydroxyl groups excluding tert-OH is 1. The molecule has 2 amide bonds. The third-order valence-corrected chi connectivity index (χ3v) is 3.74. The second kappa shape index (κ2) is 12.5. The van der Waals surface area contributed by atoms with Crippen LogP contribution in [0.1, 0.15) is 36.5 Å². The average molecular weight is 382 g/mol. The van der Waals surface area contributed by atoms with E-state index in [2.05, 4.69) is 0 Å². The zero-order chi connectivity index (χ0) is 21.0. The Morgan fingerprint density at radius 1 is 1.30 bits per heavy atom. The summed E-state index contributed by atoms with van der Waals surface area (Å²) in [6.07, 6.45) is 3.16. The van der Waals surface area contributed by atoms with Crippen molar-refractivity contribution < 1.29 is 24.4 Å². The van der Waals surface area contributed by atoms with Gasteiger partial charge in [0.05, 0.1) is 11.0 Å². The third-order valence-electron chi connectivity index (χ3n) is 3.74. The Morgan fingerprint density at radius 3 is 2.26 bits per heavy atom. The Hall–Kier alpha value is -2.85. The molecular formula is C17H26N4O6. The number of nitrogens with zero attached hydrogens (tertiary/aromatic N) is 2. The van der Waals surface area contributed by atoms with E-state index in [1.165, 1.54) is 29.2 Å². The molecule has 0 saturated carbocycles. The van der Waals surface area contributed by atoms with Crippen molar-refractivity contribution in [3.8, 4) is 0 Å². The Kier molecular flexibility index (Phi) is 11.2. The molecule has 1 aliphatic rings. The molecular weight excluding hydrogens is 356 g/mol. The predicted molar refractivity (Wildman–Crippen MR) is 98.8 cm³/mol. The van der Waals surface area contributed by atoms with Gasteiger partial charge in [-0.2, -0.15) is 0 Å². The first-order valence-corrected chi connectivity index (χ1v) is 8.27. The molecule has 1 aromatic carbocycles. The monoisotopic (exact) mass is 382 g/mol. The van der Waals surface area contributed by atoms with Crippen molar-refractivity contribution in [2.75, 3.05) is 13.7 Å². The summed E-state index contributed by atoms with van der Waals surface area (Å²) in [4.78, 5) is 43.9. The third kappa shape index (κ3) is 7.92. The highest BCUT2D eigenvalue weighted by Crippen LogP contribution is 2.17. The van der Waals surface area contributed by atoms with Gasteiger partial charge in [0.25, 0.3) is 5.69 Å². The van der Waals surface area contributed by atoms with E-state index in [0.29, 0.717) is 24.8 Å². The number of carbonyl (C=O) groups excluding carboxylic acids is 3. The summed E-state index contributed by atoms with van der Waals surface area (Å²) in [5, 5.41) is 17.1. The van der Waals surface area contributed by atoms with Gasteiger partial charge in [-0.3, -0.25) is 24.5 Å². The summed E-state index contributed by atoms with van der Waals surface area (Å²) in [6, 6.07) is 4.39. The van der Waals surface area contributed by atoms with Crippen LogP contribution in [0.15, 0.2) is 24.3 Å². The van der Waals surface area contributed by atoms with E-state index in [4.69, 9.17) is 16.6 Å². The van der Waals surface area contributed by atoms with Crippen molar-refractivity contribution in [1.82, 2.24) is 4.90 Å². The number of benzene rings is 1. The number of primary amides is 1. The number of carbonyl (C=O) groups is 3. The van der Waals surface area contributed by atoms with Gasteiger partial charge in [-0.15, -0.1) is 0 Å². The summed E-state index contributed by atoms with van der Waals surface area (Å²) < 4.78 is 0. The molecule has 5 N–H and O–H groups in total. The van der Waals surface area contributed by atoms with E-state index < -0.39 is 22.9 Å². The zero-order valence-corrected chi connectivity index (χ0v) is 15.4. The predicted octanol–water partition coefficient (Wildman–Crippen LogP) is 0.216.